The molecule has 3 N–H and O–H groups in total. The molecule has 55 heavy (non-hydrogen) atoms. The third-order valence-corrected chi connectivity index (χ3v) is 12.1. The second-order valence-electron chi connectivity index (χ2n) is 14.8. The van der Waals surface area contributed by atoms with Crippen LogP contribution in [0.25, 0.3) is 0 Å². The number of rotatable bonds is 7. The van der Waals surface area contributed by atoms with Gasteiger partial charge in [0, 0.05) is 27.9 Å². The van der Waals surface area contributed by atoms with Crippen LogP contribution in [-0.4, -0.2) is 33.7 Å². The predicted octanol–water partition coefficient (Wildman–Crippen LogP) is 8.29. The summed E-state index contributed by atoms with van der Waals surface area (Å²) in [4.78, 5) is 60.3. The molecule has 6 atom stereocenters. The molecule has 2 saturated heterocycles. The first-order valence-corrected chi connectivity index (χ1v) is 18.8. The van der Waals surface area contributed by atoms with Gasteiger partial charge in [0.2, 0.25) is 11.8 Å². The lowest BCUT2D eigenvalue weighted by atomic mass is 9.49. The van der Waals surface area contributed by atoms with Gasteiger partial charge in [-0.2, -0.15) is 5.01 Å². The molecule has 9 rings (SSSR count). The SMILES string of the molecule is Cc1ccc(NN2C(=O)C3CC4C(=CCC5C(=O)N(c6ccc(Nc7ccccc7)cc6)C(=O)C54)C(c4cc(Cl)ccc4O)C3(c3ccccc3)C2=O)cc1. The van der Waals surface area contributed by atoms with Crippen LogP contribution in [0.2, 0.25) is 5.02 Å². The summed E-state index contributed by atoms with van der Waals surface area (Å²) < 4.78 is 0. The van der Waals surface area contributed by atoms with Crippen molar-refractivity contribution in [1.82, 2.24) is 5.01 Å². The number of fused-ring (bicyclic) bond motifs is 4. The normalized spacial score (nSPS) is 25.6. The number of hydrogen-bond donors (Lipinski definition) is 3. The number of amides is 4. The summed E-state index contributed by atoms with van der Waals surface area (Å²) in [5.41, 5.74) is 7.06. The summed E-state index contributed by atoms with van der Waals surface area (Å²) in [5, 5.41) is 16.4. The Kier molecular flexibility index (Phi) is 8.35. The first kappa shape index (κ1) is 34.6. The van der Waals surface area contributed by atoms with Gasteiger partial charge >= 0.3 is 0 Å². The monoisotopic (exact) mass is 748 g/mol. The van der Waals surface area contributed by atoms with E-state index >= 15 is 4.79 Å². The Morgan fingerprint density at radius 2 is 1.38 bits per heavy atom. The lowest BCUT2D eigenvalue weighted by molar-refractivity contribution is -0.138. The molecule has 2 heterocycles. The van der Waals surface area contributed by atoms with Crippen LogP contribution in [0.3, 0.4) is 0 Å². The molecule has 3 fully saturated rings. The molecule has 10 heteroatoms. The summed E-state index contributed by atoms with van der Waals surface area (Å²) in [5.74, 6) is -5.52. The minimum atomic E-state index is -1.51. The van der Waals surface area contributed by atoms with Crippen molar-refractivity contribution >= 4 is 58.0 Å². The van der Waals surface area contributed by atoms with E-state index in [1.54, 1.807) is 24.3 Å². The number of imide groups is 2. The van der Waals surface area contributed by atoms with E-state index in [1.807, 2.05) is 110 Å². The van der Waals surface area contributed by atoms with Gasteiger partial charge in [0.25, 0.3) is 11.8 Å². The van der Waals surface area contributed by atoms with Gasteiger partial charge in [0.05, 0.1) is 34.5 Å². The predicted molar refractivity (Wildman–Crippen MR) is 211 cm³/mol. The quantitative estimate of drug-likeness (QED) is 0.113. The molecule has 5 aromatic carbocycles. The van der Waals surface area contributed by atoms with E-state index in [2.05, 4.69) is 10.7 Å². The average Bonchev–Trinajstić information content (AvgIpc) is 3.58. The number of nitrogens with one attached hydrogen (secondary N) is 2. The second kappa shape index (κ2) is 13.3. The first-order valence-electron chi connectivity index (χ1n) is 18.4. The van der Waals surface area contributed by atoms with E-state index in [9.17, 15) is 19.5 Å². The Morgan fingerprint density at radius 1 is 0.727 bits per heavy atom. The third-order valence-electron chi connectivity index (χ3n) is 11.9. The Hall–Kier alpha value is -6.19. The maximum absolute atomic E-state index is 15.3. The second-order valence-corrected chi connectivity index (χ2v) is 15.3. The average molecular weight is 749 g/mol. The number of para-hydroxylation sites is 1. The molecule has 0 spiro atoms. The fourth-order valence-corrected chi connectivity index (χ4v) is 9.67. The van der Waals surface area contributed by atoms with Crippen molar-refractivity contribution < 1.29 is 24.3 Å². The summed E-state index contributed by atoms with van der Waals surface area (Å²) in [6.07, 6.45) is 2.36. The Labute approximate surface area is 323 Å². The number of allylic oxidation sites excluding steroid dienone is 2. The molecule has 4 aliphatic rings. The fourth-order valence-electron chi connectivity index (χ4n) is 9.48. The first-order chi connectivity index (χ1) is 26.7. The number of aromatic hydroxyl groups is 1. The minimum absolute atomic E-state index is 0.0861. The Bertz CT molecular complexity index is 2380. The molecular formula is C45H37ClN4O5. The van der Waals surface area contributed by atoms with Crippen LogP contribution >= 0.6 is 11.6 Å². The largest absolute Gasteiger partial charge is 0.508 e. The molecule has 0 aromatic heterocycles. The van der Waals surface area contributed by atoms with Crippen LogP contribution in [0.1, 0.15) is 35.4 Å². The molecule has 6 unspecified atom stereocenters. The number of hydrogen-bond acceptors (Lipinski definition) is 7. The highest BCUT2D eigenvalue weighted by molar-refractivity contribution is 6.30. The van der Waals surface area contributed by atoms with Crippen molar-refractivity contribution in [3.05, 3.63) is 161 Å². The summed E-state index contributed by atoms with van der Waals surface area (Å²) >= 11 is 6.62. The third kappa shape index (κ3) is 5.44. The number of benzene rings is 5. The fraction of sp³-hybridized carbons (Fsp3) is 0.200. The maximum atomic E-state index is 15.3. The number of carbonyl (C=O) groups excluding carboxylic acids is 4. The number of hydrazine groups is 1. The number of aryl methyl sites for hydroxylation is 1. The molecule has 4 amide bonds. The van der Waals surface area contributed by atoms with E-state index in [1.165, 1.54) is 11.0 Å². The number of anilines is 4. The molecule has 274 valence electrons. The maximum Gasteiger partial charge on any atom is 0.260 e. The lowest BCUT2D eigenvalue weighted by Gasteiger charge is -2.50. The highest BCUT2D eigenvalue weighted by atomic mass is 35.5. The van der Waals surface area contributed by atoms with Gasteiger partial charge < -0.3 is 10.4 Å². The van der Waals surface area contributed by atoms with Crippen molar-refractivity contribution in [2.45, 2.75) is 31.1 Å². The zero-order chi connectivity index (χ0) is 38.0. The minimum Gasteiger partial charge on any atom is -0.508 e. The van der Waals surface area contributed by atoms with Crippen molar-refractivity contribution in [2.24, 2.45) is 23.7 Å². The molecule has 0 radical (unpaired) electrons. The van der Waals surface area contributed by atoms with Crippen LogP contribution in [-0.2, 0) is 24.6 Å². The smallest absolute Gasteiger partial charge is 0.260 e. The van der Waals surface area contributed by atoms with Gasteiger partial charge in [-0.3, -0.25) is 29.5 Å². The van der Waals surface area contributed by atoms with Crippen LogP contribution < -0.4 is 15.6 Å². The van der Waals surface area contributed by atoms with E-state index in [0.29, 0.717) is 27.5 Å². The van der Waals surface area contributed by atoms with Crippen LogP contribution in [0.4, 0.5) is 22.7 Å². The van der Waals surface area contributed by atoms with Crippen molar-refractivity contribution in [3.63, 3.8) is 0 Å². The van der Waals surface area contributed by atoms with Crippen LogP contribution in [0, 0.1) is 30.6 Å². The standard InChI is InChI=1S/C45H37ClN4O5/c1-26-12-15-31(16-13-26)48-50-42(53)37-25-35-33(40(36-24-28(46)14-23-38(36)51)45(37,44(50)55)27-8-4-2-5-9-27)21-22-34-39(35)43(54)49(41(34)52)32-19-17-30(18-20-32)47-29-10-6-3-7-11-29/h2-21,23-24,34-35,37,39-40,47-48,51H,22,25H2,1H3. The van der Waals surface area contributed by atoms with Gasteiger partial charge in [0.1, 0.15) is 5.75 Å². The van der Waals surface area contributed by atoms with Gasteiger partial charge in [-0.05, 0) is 98.0 Å². The van der Waals surface area contributed by atoms with Gasteiger partial charge in [-0.25, -0.2) is 0 Å². The van der Waals surface area contributed by atoms with E-state index in [4.69, 9.17) is 11.6 Å². The van der Waals surface area contributed by atoms with E-state index in [-0.39, 0.29) is 30.4 Å². The lowest BCUT2D eigenvalue weighted by Crippen LogP contribution is -2.53. The highest BCUT2D eigenvalue weighted by Gasteiger charge is 2.70. The molecule has 9 nitrogen and oxygen atoms in total. The van der Waals surface area contributed by atoms with Crippen LogP contribution in [0.5, 0.6) is 5.75 Å². The Balaban J connectivity index is 1.15. The molecular weight excluding hydrogens is 712 g/mol. The summed E-state index contributed by atoms with van der Waals surface area (Å²) in [7, 11) is 0. The molecule has 5 aromatic rings. The number of phenolic OH excluding ortho intramolecular Hbond substituents is 1. The molecule has 2 aliphatic heterocycles. The highest BCUT2D eigenvalue weighted by Crippen LogP contribution is 2.65. The molecule has 1 saturated carbocycles. The van der Waals surface area contributed by atoms with Gasteiger partial charge in [-0.15, -0.1) is 0 Å². The van der Waals surface area contributed by atoms with Crippen molar-refractivity contribution in [2.75, 3.05) is 15.6 Å². The van der Waals surface area contributed by atoms with Crippen molar-refractivity contribution in [1.29, 1.82) is 0 Å². The Morgan fingerprint density at radius 3 is 2.09 bits per heavy atom. The number of carbonyl (C=O) groups is 4. The molecule has 0 bridgehead atoms. The number of halogens is 1. The van der Waals surface area contributed by atoms with E-state index in [0.717, 1.165) is 27.5 Å². The van der Waals surface area contributed by atoms with Crippen molar-refractivity contribution in [3.8, 4) is 5.75 Å². The number of nitrogens with zero attached hydrogens (tertiary/aromatic N) is 2. The molecule has 2 aliphatic carbocycles. The zero-order valence-corrected chi connectivity index (χ0v) is 30.6. The van der Waals surface area contributed by atoms with E-state index < -0.39 is 46.8 Å². The number of phenols is 1. The summed E-state index contributed by atoms with van der Waals surface area (Å²) in [6, 6.07) is 38.2. The van der Waals surface area contributed by atoms with Gasteiger partial charge in [-0.1, -0.05) is 89.5 Å². The zero-order valence-electron chi connectivity index (χ0n) is 29.9. The summed E-state index contributed by atoms with van der Waals surface area (Å²) in [6.45, 7) is 1.95. The topological polar surface area (TPSA) is 119 Å². The van der Waals surface area contributed by atoms with Gasteiger partial charge in [0.15, 0.2) is 0 Å². The van der Waals surface area contributed by atoms with Crippen LogP contribution in [0.15, 0.2) is 139 Å².